The number of aryl methyl sites for hydroxylation is 1. The van der Waals surface area contributed by atoms with Crippen molar-refractivity contribution in [3.05, 3.63) is 59.2 Å². The Morgan fingerprint density at radius 2 is 2.24 bits per heavy atom. The number of aliphatic hydroxyl groups is 1. The lowest BCUT2D eigenvalue weighted by molar-refractivity contribution is -0.118. The van der Waals surface area contributed by atoms with Gasteiger partial charge in [0.1, 0.15) is 6.61 Å². The van der Waals surface area contributed by atoms with Crippen LogP contribution in [0.15, 0.2) is 48.6 Å². The van der Waals surface area contributed by atoms with Crippen LogP contribution in [0.3, 0.4) is 0 Å². The van der Waals surface area contributed by atoms with E-state index in [1.54, 1.807) is 6.08 Å². The molecule has 0 aliphatic carbocycles. The SMILES string of the molecule is C=C\C=C/C(=C\C=C/C)Cc1sc(NC(=O)CO)nc1C. The molecule has 0 aliphatic heterocycles. The number of nitrogens with one attached hydrogen (secondary N) is 1. The topological polar surface area (TPSA) is 62.2 Å². The van der Waals surface area contributed by atoms with Crippen molar-refractivity contribution in [3.8, 4) is 0 Å². The van der Waals surface area contributed by atoms with Gasteiger partial charge in [0.2, 0.25) is 0 Å². The maximum atomic E-state index is 11.2. The van der Waals surface area contributed by atoms with E-state index >= 15 is 0 Å². The van der Waals surface area contributed by atoms with Crippen LogP contribution in [0.5, 0.6) is 0 Å². The number of allylic oxidation sites excluding steroid dienone is 7. The third-order valence-electron chi connectivity index (χ3n) is 2.60. The van der Waals surface area contributed by atoms with E-state index in [2.05, 4.69) is 16.9 Å². The van der Waals surface area contributed by atoms with Crippen molar-refractivity contribution in [2.24, 2.45) is 0 Å². The Labute approximate surface area is 129 Å². The van der Waals surface area contributed by atoms with Crippen molar-refractivity contribution in [1.29, 1.82) is 0 Å². The van der Waals surface area contributed by atoms with Gasteiger partial charge < -0.3 is 5.11 Å². The van der Waals surface area contributed by atoms with Gasteiger partial charge in [0, 0.05) is 11.3 Å². The molecule has 0 unspecified atom stereocenters. The Kier molecular flexibility index (Phi) is 7.36. The summed E-state index contributed by atoms with van der Waals surface area (Å²) < 4.78 is 0. The van der Waals surface area contributed by atoms with Crippen molar-refractivity contribution in [2.45, 2.75) is 20.3 Å². The maximum Gasteiger partial charge on any atom is 0.251 e. The highest BCUT2D eigenvalue weighted by Gasteiger charge is 2.10. The van der Waals surface area contributed by atoms with Crippen LogP contribution in [0.25, 0.3) is 0 Å². The Morgan fingerprint density at radius 3 is 2.86 bits per heavy atom. The fraction of sp³-hybridized carbons (Fsp3) is 0.250. The normalized spacial score (nSPS) is 12.2. The van der Waals surface area contributed by atoms with E-state index in [-0.39, 0.29) is 0 Å². The molecule has 0 saturated carbocycles. The molecule has 0 radical (unpaired) electrons. The lowest BCUT2D eigenvalue weighted by Gasteiger charge is -2.00. The predicted octanol–water partition coefficient (Wildman–Crippen LogP) is 3.17. The van der Waals surface area contributed by atoms with Crippen LogP contribution in [0.4, 0.5) is 5.13 Å². The largest absolute Gasteiger partial charge is 0.387 e. The minimum absolute atomic E-state index is 0.452. The van der Waals surface area contributed by atoms with Gasteiger partial charge in [0.15, 0.2) is 5.13 Å². The van der Waals surface area contributed by atoms with Crippen LogP contribution in [0, 0.1) is 6.92 Å². The molecular formula is C16H20N2O2S. The molecule has 0 atom stereocenters. The van der Waals surface area contributed by atoms with Crippen LogP contribution in [0.1, 0.15) is 17.5 Å². The molecule has 0 spiro atoms. The fourth-order valence-corrected chi connectivity index (χ4v) is 2.59. The number of carbonyl (C=O) groups is 1. The second-order valence-corrected chi connectivity index (χ2v) is 5.36. The van der Waals surface area contributed by atoms with Crippen LogP contribution in [-0.2, 0) is 11.2 Å². The number of hydrogen-bond donors (Lipinski definition) is 2. The highest BCUT2D eigenvalue weighted by atomic mass is 32.1. The molecule has 1 aromatic heterocycles. The molecule has 0 aliphatic rings. The average molecular weight is 304 g/mol. The van der Waals surface area contributed by atoms with Crippen molar-refractivity contribution in [1.82, 2.24) is 4.98 Å². The minimum atomic E-state index is -0.539. The molecule has 0 bridgehead atoms. The molecule has 1 heterocycles. The molecule has 21 heavy (non-hydrogen) atoms. The predicted molar refractivity (Wildman–Crippen MR) is 88.5 cm³/mol. The second-order valence-electron chi connectivity index (χ2n) is 4.27. The quantitative estimate of drug-likeness (QED) is 0.761. The van der Waals surface area contributed by atoms with Gasteiger partial charge in [-0.1, -0.05) is 43.0 Å². The number of nitrogens with zero attached hydrogens (tertiary/aromatic N) is 1. The van der Waals surface area contributed by atoms with Crippen molar-refractivity contribution in [3.63, 3.8) is 0 Å². The average Bonchev–Trinajstić information content (AvgIpc) is 2.81. The molecule has 0 fully saturated rings. The van der Waals surface area contributed by atoms with Crippen molar-refractivity contribution in [2.75, 3.05) is 11.9 Å². The smallest absolute Gasteiger partial charge is 0.251 e. The summed E-state index contributed by atoms with van der Waals surface area (Å²) in [6.45, 7) is 7.00. The lowest BCUT2D eigenvalue weighted by atomic mass is 10.1. The zero-order valence-corrected chi connectivity index (χ0v) is 13.1. The summed E-state index contributed by atoms with van der Waals surface area (Å²) in [5, 5.41) is 11.8. The van der Waals surface area contributed by atoms with E-state index < -0.39 is 12.5 Å². The highest BCUT2D eigenvalue weighted by Crippen LogP contribution is 2.25. The summed E-state index contributed by atoms with van der Waals surface area (Å²) in [6.07, 6.45) is 12.3. The molecule has 1 rings (SSSR count). The first-order valence-corrected chi connectivity index (χ1v) is 7.40. The van der Waals surface area contributed by atoms with E-state index in [1.807, 2.05) is 44.2 Å². The second kappa shape index (κ2) is 9.05. The summed E-state index contributed by atoms with van der Waals surface area (Å²) in [4.78, 5) is 16.5. The van der Waals surface area contributed by atoms with Crippen molar-refractivity contribution >= 4 is 22.4 Å². The number of rotatable bonds is 7. The minimum Gasteiger partial charge on any atom is -0.387 e. The first-order valence-electron chi connectivity index (χ1n) is 6.58. The van der Waals surface area contributed by atoms with Gasteiger partial charge in [-0.15, -0.1) is 11.3 Å². The Hall–Kier alpha value is -1.98. The number of thiazole rings is 1. The van der Waals surface area contributed by atoms with Gasteiger partial charge in [0.25, 0.3) is 5.91 Å². The van der Waals surface area contributed by atoms with Gasteiger partial charge in [-0.2, -0.15) is 0 Å². The molecule has 1 aromatic rings. The molecule has 4 nitrogen and oxygen atoms in total. The molecule has 5 heteroatoms. The molecule has 0 aromatic carbocycles. The van der Waals surface area contributed by atoms with E-state index in [0.717, 1.165) is 22.6 Å². The molecule has 0 saturated heterocycles. The third kappa shape index (κ3) is 5.89. The summed E-state index contributed by atoms with van der Waals surface area (Å²) in [7, 11) is 0. The molecule has 112 valence electrons. The maximum absolute atomic E-state index is 11.2. The van der Waals surface area contributed by atoms with Crippen LogP contribution < -0.4 is 5.32 Å². The summed E-state index contributed by atoms with van der Waals surface area (Å²) >= 11 is 1.42. The Bertz CT molecular complexity index is 583. The van der Waals surface area contributed by atoms with Gasteiger partial charge >= 0.3 is 0 Å². The van der Waals surface area contributed by atoms with Gasteiger partial charge in [-0.25, -0.2) is 4.98 Å². The Morgan fingerprint density at radius 1 is 1.48 bits per heavy atom. The number of amides is 1. The van der Waals surface area contributed by atoms with Crippen molar-refractivity contribution < 1.29 is 9.90 Å². The zero-order chi connectivity index (χ0) is 15.7. The van der Waals surface area contributed by atoms with E-state index in [0.29, 0.717) is 5.13 Å². The number of hydrogen-bond acceptors (Lipinski definition) is 4. The number of carbonyl (C=O) groups excluding carboxylic acids is 1. The van der Waals surface area contributed by atoms with Crippen LogP contribution in [0.2, 0.25) is 0 Å². The fourth-order valence-electron chi connectivity index (χ4n) is 1.57. The van der Waals surface area contributed by atoms with Gasteiger partial charge in [0.05, 0.1) is 5.69 Å². The summed E-state index contributed by atoms with van der Waals surface area (Å²) in [5.74, 6) is -0.452. The highest BCUT2D eigenvalue weighted by molar-refractivity contribution is 7.15. The first kappa shape index (κ1) is 17.1. The van der Waals surface area contributed by atoms with E-state index in [1.165, 1.54) is 11.3 Å². The molecular weight excluding hydrogens is 284 g/mol. The standard InChI is InChI=1S/C16H20N2O2S/c1-4-6-8-13(9-7-5-2)10-14-12(3)17-16(21-14)18-15(20)11-19/h4-9,19H,1,10-11H2,2-3H3,(H,17,18,20)/b7-5-,8-6-,13-9+. The first-order chi connectivity index (χ1) is 10.1. The molecule has 2 N–H and O–H groups in total. The van der Waals surface area contributed by atoms with E-state index in [4.69, 9.17) is 5.11 Å². The van der Waals surface area contributed by atoms with Crippen LogP contribution in [-0.4, -0.2) is 22.6 Å². The summed E-state index contributed by atoms with van der Waals surface area (Å²) in [5.41, 5.74) is 2.01. The third-order valence-corrected chi connectivity index (χ3v) is 3.67. The Balaban J connectivity index is 2.91. The monoisotopic (exact) mass is 304 g/mol. The van der Waals surface area contributed by atoms with Gasteiger partial charge in [-0.05, 0) is 19.4 Å². The molecule has 1 amide bonds. The zero-order valence-electron chi connectivity index (χ0n) is 12.3. The number of aliphatic hydroxyl groups excluding tert-OH is 1. The van der Waals surface area contributed by atoms with Gasteiger partial charge in [-0.3, -0.25) is 10.1 Å². The van der Waals surface area contributed by atoms with E-state index in [9.17, 15) is 4.79 Å². The number of anilines is 1. The lowest BCUT2D eigenvalue weighted by Crippen LogP contribution is -2.15. The number of aromatic nitrogens is 1. The van der Waals surface area contributed by atoms with Crippen LogP contribution >= 0.6 is 11.3 Å². The summed E-state index contributed by atoms with van der Waals surface area (Å²) in [6, 6.07) is 0.